The molecule has 1 aliphatic rings. The Morgan fingerprint density at radius 3 is 3.31 bits per heavy atom. The monoisotopic (exact) mass is 223 g/mol. The number of imidazole rings is 1. The first kappa shape index (κ1) is 11.6. The summed E-state index contributed by atoms with van der Waals surface area (Å²) < 4.78 is 7.84. The van der Waals surface area contributed by atoms with Crippen molar-refractivity contribution in [1.82, 2.24) is 14.9 Å². The lowest BCUT2D eigenvalue weighted by Gasteiger charge is -2.13. The van der Waals surface area contributed by atoms with Crippen molar-refractivity contribution in [2.45, 2.75) is 45.4 Å². The zero-order valence-corrected chi connectivity index (χ0v) is 9.98. The minimum absolute atomic E-state index is 0.388. The maximum atomic E-state index is 5.64. The highest BCUT2D eigenvalue weighted by Gasteiger charge is 2.16. The van der Waals surface area contributed by atoms with Crippen LogP contribution in [-0.2, 0) is 17.8 Å². The maximum Gasteiger partial charge on any atom is 0.122 e. The van der Waals surface area contributed by atoms with Gasteiger partial charge in [0, 0.05) is 19.0 Å². The summed E-state index contributed by atoms with van der Waals surface area (Å²) in [6, 6.07) is 0. The summed E-state index contributed by atoms with van der Waals surface area (Å²) in [5, 5.41) is 3.38. The molecule has 1 fully saturated rings. The van der Waals surface area contributed by atoms with Crippen LogP contribution >= 0.6 is 0 Å². The van der Waals surface area contributed by atoms with Gasteiger partial charge in [-0.2, -0.15) is 0 Å². The summed E-state index contributed by atoms with van der Waals surface area (Å²) in [7, 11) is 0. The van der Waals surface area contributed by atoms with Gasteiger partial charge in [0.05, 0.1) is 19.2 Å². The van der Waals surface area contributed by atoms with Crippen LogP contribution in [0.25, 0.3) is 0 Å². The van der Waals surface area contributed by atoms with Gasteiger partial charge in [-0.05, 0) is 25.8 Å². The number of aromatic nitrogens is 2. The third-order valence-electron chi connectivity index (χ3n) is 2.94. The highest BCUT2D eigenvalue weighted by Crippen LogP contribution is 2.14. The van der Waals surface area contributed by atoms with Crippen molar-refractivity contribution in [3.63, 3.8) is 0 Å². The van der Waals surface area contributed by atoms with E-state index in [1.807, 2.05) is 12.4 Å². The second kappa shape index (κ2) is 6.01. The zero-order chi connectivity index (χ0) is 11.2. The topological polar surface area (TPSA) is 39.1 Å². The fourth-order valence-electron chi connectivity index (χ4n) is 2.06. The van der Waals surface area contributed by atoms with E-state index in [-0.39, 0.29) is 0 Å². The molecule has 1 unspecified atom stereocenters. The summed E-state index contributed by atoms with van der Waals surface area (Å²) >= 11 is 0. The van der Waals surface area contributed by atoms with Gasteiger partial charge in [-0.1, -0.05) is 6.92 Å². The van der Waals surface area contributed by atoms with E-state index in [9.17, 15) is 0 Å². The van der Waals surface area contributed by atoms with Gasteiger partial charge >= 0.3 is 0 Å². The van der Waals surface area contributed by atoms with Crippen LogP contribution in [0.3, 0.4) is 0 Å². The largest absolute Gasteiger partial charge is 0.376 e. The SMILES string of the molecule is CCCNCc1nccn1CC1CCCO1. The van der Waals surface area contributed by atoms with Crippen LogP contribution in [0.2, 0.25) is 0 Å². The molecular weight excluding hydrogens is 202 g/mol. The lowest BCUT2D eigenvalue weighted by atomic mass is 10.2. The van der Waals surface area contributed by atoms with E-state index in [4.69, 9.17) is 4.74 Å². The molecule has 1 saturated heterocycles. The number of hydrogen-bond donors (Lipinski definition) is 1. The van der Waals surface area contributed by atoms with Crippen LogP contribution in [0.15, 0.2) is 12.4 Å². The first-order valence-electron chi connectivity index (χ1n) is 6.22. The van der Waals surface area contributed by atoms with Crippen LogP contribution < -0.4 is 5.32 Å². The molecule has 1 aliphatic heterocycles. The van der Waals surface area contributed by atoms with Gasteiger partial charge in [0.1, 0.15) is 5.82 Å². The van der Waals surface area contributed by atoms with E-state index in [0.29, 0.717) is 6.10 Å². The summed E-state index contributed by atoms with van der Waals surface area (Å²) in [6.45, 7) is 5.94. The van der Waals surface area contributed by atoms with Gasteiger partial charge in [0.15, 0.2) is 0 Å². The van der Waals surface area contributed by atoms with Gasteiger partial charge < -0.3 is 14.6 Å². The highest BCUT2D eigenvalue weighted by atomic mass is 16.5. The normalized spacial score (nSPS) is 20.4. The predicted molar refractivity (Wildman–Crippen MR) is 63.2 cm³/mol. The standard InChI is InChI=1S/C12H21N3O/c1-2-5-13-9-12-14-6-7-15(12)10-11-4-3-8-16-11/h6-7,11,13H,2-5,8-10H2,1H3. The lowest BCUT2D eigenvalue weighted by molar-refractivity contribution is 0.0962. The van der Waals surface area contributed by atoms with Crippen molar-refractivity contribution < 1.29 is 4.74 Å². The maximum absolute atomic E-state index is 5.64. The minimum Gasteiger partial charge on any atom is -0.376 e. The van der Waals surface area contributed by atoms with Crippen molar-refractivity contribution in [1.29, 1.82) is 0 Å². The Morgan fingerprint density at radius 2 is 2.56 bits per heavy atom. The molecular formula is C12H21N3O. The second-order valence-corrected chi connectivity index (χ2v) is 4.31. The molecule has 16 heavy (non-hydrogen) atoms. The van der Waals surface area contributed by atoms with E-state index in [2.05, 4.69) is 21.8 Å². The quantitative estimate of drug-likeness (QED) is 0.744. The third-order valence-corrected chi connectivity index (χ3v) is 2.94. The molecule has 4 heteroatoms. The van der Waals surface area contributed by atoms with E-state index >= 15 is 0 Å². The molecule has 1 aromatic heterocycles. The van der Waals surface area contributed by atoms with Crippen molar-refractivity contribution in [3.8, 4) is 0 Å². The van der Waals surface area contributed by atoms with Crippen LogP contribution in [0.5, 0.6) is 0 Å². The molecule has 1 N–H and O–H groups in total. The molecule has 0 radical (unpaired) electrons. The summed E-state index contributed by atoms with van der Waals surface area (Å²) in [4.78, 5) is 4.37. The van der Waals surface area contributed by atoms with Gasteiger partial charge in [0.25, 0.3) is 0 Å². The molecule has 4 nitrogen and oxygen atoms in total. The Morgan fingerprint density at radius 1 is 1.62 bits per heavy atom. The molecule has 0 saturated carbocycles. The number of hydrogen-bond acceptors (Lipinski definition) is 3. The van der Waals surface area contributed by atoms with Crippen LogP contribution in [0.1, 0.15) is 32.0 Å². The van der Waals surface area contributed by atoms with Crippen LogP contribution in [0, 0.1) is 0 Å². The Balaban J connectivity index is 1.85. The molecule has 0 spiro atoms. The second-order valence-electron chi connectivity index (χ2n) is 4.31. The first-order chi connectivity index (χ1) is 7.90. The fourth-order valence-corrected chi connectivity index (χ4v) is 2.06. The molecule has 0 aromatic carbocycles. The van der Waals surface area contributed by atoms with E-state index in [0.717, 1.165) is 38.5 Å². The molecule has 0 aliphatic carbocycles. The summed E-state index contributed by atoms with van der Waals surface area (Å²) in [5.41, 5.74) is 0. The van der Waals surface area contributed by atoms with E-state index in [1.54, 1.807) is 0 Å². The fraction of sp³-hybridized carbons (Fsp3) is 0.750. The lowest BCUT2D eigenvalue weighted by Crippen LogP contribution is -2.21. The Kier molecular flexibility index (Phi) is 4.36. The highest BCUT2D eigenvalue weighted by molar-refractivity contribution is 4.93. The molecule has 0 amide bonds. The number of rotatable bonds is 6. The average molecular weight is 223 g/mol. The van der Waals surface area contributed by atoms with Crippen LogP contribution in [-0.4, -0.2) is 28.8 Å². The van der Waals surface area contributed by atoms with Gasteiger partial charge in [-0.3, -0.25) is 0 Å². The predicted octanol–water partition coefficient (Wildman–Crippen LogP) is 1.56. The minimum atomic E-state index is 0.388. The molecule has 1 atom stereocenters. The number of nitrogens with one attached hydrogen (secondary N) is 1. The van der Waals surface area contributed by atoms with Gasteiger partial charge in [0.2, 0.25) is 0 Å². The number of nitrogens with zero attached hydrogens (tertiary/aromatic N) is 2. The van der Waals surface area contributed by atoms with E-state index in [1.165, 1.54) is 12.8 Å². The molecule has 0 bridgehead atoms. The van der Waals surface area contributed by atoms with Crippen molar-refractivity contribution in [2.24, 2.45) is 0 Å². The molecule has 2 heterocycles. The Hall–Kier alpha value is -0.870. The van der Waals surface area contributed by atoms with Crippen molar-refractivity contribution in [2.75, 3.05) is 13.2 Å². The Bertz CT molecular complexity index is 305. The zero-order valence-electron chi connectivity index (χ0n) is 9.98. The molecule has 90 valence electrons. The average Bonchev–Trinajstić information content (AvgIpc) is 2.92. The third kappa shape index (κ3) is 3.06. The molecule has 1 aromatic rings. The first-order valence-corrected chi connectivity index (χ1v) is 6.22. The van der Waals surface area contributed by atoms with Gasteiger partial charge in [-0.25, -0.2) is 4.98 Å². The van der Waals surface area contributed by atoms with E-state index < -0.39 is 0 Å². The molecule has 2 rings (SSSR count). The van der Waals surface area contributed by atoms with Crippen molar-refractivity contribution >= 4 is 0 Å². The smallest absolute Gasteiger partial charge is 0.122 e. The Labute approximate surface area is 97.0 Å². The van der Waals surface area contributed by atoms with Crippen molar-refractivity contribution in [3.05, 3.63) is 18.2 Å². The summed E-state index contributed by atoms with van der Waals surface area (Å²) in [5.74, 6) is 1.11. The number of ether oxygens (including phenoxy) is 1. The van der Waals surface area contributed by atoms with Crippen LogP contribution in [0.4, 0.5) is 0 Å². The van der Waals surface area contributed by atoms with Gasteiger partial charge in [-0.15, -0.1) is 0 Å². The summed E-state index contributed by atoms with van der Waals surface area (Å²) in [6.07, 6.45) is 7.84.